The smallest absolute Gasteiger partial charge is 0.0426 e. The molecule has 3 heteroatoms. The molecule has 1 atom stereocenters. The SMILES string of the molecule is C[C@@H]1CNCCc2ccc(N(C)Cc3ccccc3)cc21.Cl. The zero-order valence-electron chi connectivity index (χ0n) is 13.4. The normalized spacial score (nSPS) is 17.1. The van der Waals surface area contributed by atoms with Crippen molar-refractivity contribution in [3.05, 3.63) is 65.2 Å². The fraction of sp³-hybridized carbons (Fsp3) is 0.368. The molecule has 0 radical (unpaired) electrons. The second kappa shape index (κ2) is 7.66. The highest BCUT2D eigenvalue weighted by Crippen LogP contribution is 2.27. The molecule has 0 aromatic heterocycles. The Labute approximate surface area is 140 Å². The van der Waals surface area contributed by atoms with Gasteiger partial charge in [0.2, 0.25) is 0 Å². The fourth-order valence-corrected chi connectivity index (χ4v) is 3.11. The van der Waals surface area contributed by atoms with Gasteiger partial charge in [0.05, 0.1) is 0 Å². The number of nitrogens with zero attached hydrogens (tertiary/aromatic N) is 1. The van der Waals surface area contributed by atoms with E-state index < -0.39 is 0 Å². The third-order valence-electron chi connectivity index (χ3n) is 4.39. The third-order valence-corrected chi connectivity index (χ3v) is 4.39. The fourth-order valence-electron chi connectivity index (χ4n) is 3.11. The first-order valence-corrected chi connectivity index (χ1v) is 7.82. The van der Waals surface area contributed by atoms with E-state index in [0.29, 0.717) is 5.92 Å². The highest BCUT2D eigenvalue weighted by molar-refractivity contribution is 5.85. The van der Waals surface area contributed by atoms with Gasteiger partial charge in [0.25, 0.3) is 0 Å². The van der Waals surface area contributed by atoms with Gasteiger partial charge in [-0.15, -0.1) is 12.4 Å². The number of hydrogen-bond donors (Lipinski definition) is 1. The van der Waals surface area contributed by atoms with Crippen molar-refractivity contribution in [3.8, 4) is 0 Å². The summed E-state index contributed by atoms with van der Waals surface area (Å²) in [7, 11) is 2.17. The number of hydrogen-bond acceptors (Lipinski definition) is 2. The molecule has 2 nitrogen and oxygen atoms in total. The average Bonchev–Trinajstić information content (AvgIpc) is 2.70. The summed E-state index contributed by atoms with van der Waals surface area (Å²) in [5.74, 6) is 0.590. The van der Waals surface area contributed by atoms with Gasteiger partial charge in [-0.05, 0) is 47.7 Å². The Balaban J connectivity index is 0.00000176. The molecule has 1 N–H and O–H groups in total. The van der Waals surface area contributed by atoms with Crippen LogP contribution in [0.1, 0.15) is 29.5 Å². The van der Waals surface area contributed by atoms with Crippen molar-refractivity contribution in [1.29, 1.82) is 0 Å². The van der Waals surface area contributed by atoms with Crippen LogP contribution in [0.3, 0.4) is 0 Å². The summed E-state index contributed by atoms with van der Waals surface area (Å²) in [5.41, 5.74) is 5.68. The van der Waals surface area contributed by atoms with E-state index >= 15 is 0 Å². The molecular weight excluding hydrogens is 292 g/mol. The summed E-state index contributed by atoms with van der Waals surface area (Å²) in [4.78, 5) is 2.33. The minimum atomic E-state index is 0. The first-order valence-electron chi connectivity index (χ1n) is 7.82. The Morgan fingerprint density at radius 3 is 2.68 bits per heavy atom. The highest BCUT2D eigenvalue weighted by atomic mass is 35.5. The summed E-state index contributed by atoms with van der Waals surface area (Å²) in [5, 5.41) is 3.52. The largest absolute Gasteiger partial charge is 0.370 e. The Kier molecular flexibility index (Phi) is 5.87. The van der Waals surface area contributed by atoms with E-state index in [1.807, 2.05) is 0 Å². The lowest BCUT2D eigenvalue weighted by molar-refractivity contribution is 0.644. The number of rotatable bonds is 3. The molecule has 0 spiro atoms. The first-order chi connectivity index (χ1) is 10.2. The highest BCUT2D eigenvalue weighted by Gasteiger charge is 2.15. The maximum Gasteiger partial charge on any atom is 0.0426 e. The molecule has 1 aliphatic rings. The van der Waals surface area contributed by atoms with E-state index in [9.17, 15) is 0 Å². The van der Waals surface area contributed by atoms with E-state index in [1.54, 1.807) is 0 Å². The van der Waals surface area contributed by atoms with Gasteiger partial charge in [0.1, 0.15) is 0 Å². The number of benzene rings is 2. The number of fused-ring (bicyclic) bond motifs is 1. The monoisotopic (exact) mass is 316 g/mol. The van der Waals surface area contributed by atoms with Crippen LogP contribution >= 0.6 is 12.4 Å². The lowest BCUT2D eigenvalue weighted by atomic mass is 9.94. The zero-order chi connectivity index (χ0) is 14.7. The van der Waals surface area contributed by atoms with Gasteiger partial charge in [-0.1, -0.05) is 43.3 Å². The molecule has 2 aromatic carbocycles. The Bertz CT molecular complexity index is 598. The van der Waals surface area contributed by atoms with Crippen LogP contribution in [-0.2, 0) is 13.0 Å². The van der Waals surface area contributed by atoms with Gasteiger partial charge in [-0.25, -0.2) is 0 Å². The van der Waals surface area contributed by atoms with Gasteiger partial charge in [0, 0.05) is 25.8 Å². The molecule has 0 amide bonds. The van der Waals surface area contributed by atoms with Gasteiger partial charge in [-0.3, -0.25) is 0 Å². The first kappa shape index (κ1) is 16.9. The Morgan fingerprint density at radius 1 is 1.14 bits per heavy atom. The molecule has 0 bridgehead atoms. The summed E-state index contributed by atoms with van der Waals surface area (Å²) in [6, 6.07) is 17.6. The minimum Gasteiger partial charge on any atom is -0.370 e. The standard InChI is InChI=1S/C19H24N2.ClH/c1-15-13-20-11-10-17-8-9-18(12-19(15)17)21(2)14-16-6-4-3-5-7-16;/h3-9,12,15,20H,10-11,13-14H2,1-2H3;1H/t15-;/m1./s1. The molecule has 0 aliphatic carbocycles. The van der Waals surface area contributed by atoms with Crippen LogP contribution in [-0.4, -0.2) is 20.1 Å². The topological polar surface area (TPSA) is 15.3 Å². The van der Waals surface area contributed by atoms with Crippen LogP contribution in [0.2, 0.25) is 0 Å². The summed E-state index contributed by atoms with van der Waals surface area (Å²) in [6.45, 7) is 5.44. The van der Waals surface area contributed by atoms with Crippen LogP contribution in [0.15, 0.2) is 48.5 Å². The summed E-state index contributed by atoms with van der Waals surface area (Å²) >= 11 is 0. The van der Waals surface area contributed by atoms with Crippen molar-refractivity contribution in [2.24, 2.45) is 0 Å². The van der Waals surface area contributed by atoms with Crippen molar-refractivity contribution in [2.45, 2.75) is 25.8 Å². The molecule has 1 heterocycles. The molecule has 0 fully saturated rings. The van der Waals surface area contributed by atoms with Crippen LogP contribution in [0.25, 0.3) is 0 Å². The average molecular weight is 317 g/mol. The number of halogens is 1. The molecule has 1 aliphatic heterocycles. The maximum absolute atomic E-state index is 3.52. The molecule has 2 aromatic rings. The second-order valence-electron chi connectivity index (χ2n) is 6.08. The molecule has 0 saturated heterocycles. The van der Waals surface area contributed by atoms with Crippen molar-refractivity contribution < 1.29 is 0 Å². The molecule has 0 saturated carbocycles. The molecule has 0 unspecified atom stereocenters. The second-order valence-corrected chi connectivity index (χ2v) is 6.08. The van der Waals surface area contributed by atoms with E-state index in [1.165, 1.54) is 22.4 Å². The zero-order valence-corrected chi connectivity index (χ0v) is 14.2. The van der Waals surface area contributed by atoms with E-state index in [-0.39, 0.29) is 12.4 Å². The van der Waals surface area contributed by atoms with Crippen LogP contribution in [0, 0.1) is 0 Å². The summed E-state index contributed by atoms with van der Waals surface area (Å²) < 4.78 is 0. The predicted molar refractivity (Wildman–Crippen MR) is 97.2 cm³/mol. The van der Waals surface area contributed by atoms with Crippen molar-refractivity contribution in [3.63, 3.8) is 0 Å². The quantitative estimate of drug-likeness (QED) is 0.921. The summed E-state index contributed by atoms with van der Waals surface area (Å²) in [6.07, 6.45) is 1.14. The van der Waals surface area contributed by atoms with Crippen molar-refractivity contribution in [1.82, 2.24) is 5.32 Å². The van der Waals surface area contributed by atoms with E-state index in [4.69, 9.17) is 0 Å². The minimum absolute atomic E-state index is 0. The molecular formula is C19H25ClN2. The Hall–Kier alpha value is -1.51. The molecule has 22 heavy (non-hydrogen) atoms. The number of anilines is 1. The Morgan fingerprint density at radius 2 is 1.91 bits per heavy atom. The molecule has 118 valence electrons. The lowest BCUT2D eigenvalue weighted by Gasteiger charge is -2.22. The van der Waals surface area contributed by atoms with Gasteiger partial charge < -0.3 is 10.2 Å². The van der Waals surface area contributed by atoms with Gasteiger partial charge in [-0.2, -0.15) is 0 Å². The van der Waals surface area contributed by atoms with Crippen molar-refractivity contribution >= 4 is 18.1 Å². The van der Waals surface area contributed by atoms with Crippen LogP contribution < -0.4 is 10.2 Å². The van der Waals surface area contributed by atoms with E-state index in [0.717, 1.165) is 26.1 Å². The van der Waals surface area contributed by atoms with Crippen molar-refractivity contribution in [2.75, 3.05) is 25.0 Å². The predicted octanol–water partition coefficient (Wildman–Crippen LogP) is 3.99. The van der Waals surface area contributed by atoms with Gasteiger partial charge >= 0.3 is 0 Å². The maximum atomic E-state index is 3.52. The lowest BCUT2D eigenvalue weighted by Crippen LogP contribution is -2.19. The van der Waals surface area contributed by atoms with E-state index in [2.05, 4.69) is 72.7 Å². The third kappa shape index (κ3) is 3.82. The van der Waals surface area contributed by atoms with Crippen LogP contribution in [0.5, 0.6) is 0 Å². The number of nitrogens with one attached hydrogen (secondary N) is 1. The van der Waals surface area contributed by atoms with Crippen LogP contribution in [0.4, 0.5) is 5.69 Å². The van der Waals surface area contributed by atoms with Gasteiger partial charge in [0.15, 0.2) is 0 Å². The molecule has 3 rings (SSSR count).